The molecule has 0 fully saturated rings. The Morgan fingerprint density at radius 1 is 0.958 bits per heavy atom. The molecule has 0 unspecified atom stereocenters. The Hall–Kier alpha value is -2.38. The van der Waals surface area contributed by atoms with Gasteiger partial charge in [0.25, 0.3) is 5.91 Å². The Morgan fingerprint density at radius 3 is 2.38 bits per heavy atom. The van der Waals surface area contributed by atoms with Crippen LogP contribution in [0.5, 0.6) is 0 Å². The summed E-state index contributed by atoms with van der Waals surface area (Å²) in [5.41, 5.74) is -0.607. The van der Waals surface area contributed by atoms with Crippen LogP contribution < -0.4 is 5.32 Å². The number of amides is 1. The highest BCUT2D eigenvalue weighted by Gasteiger charge is 2.17. The highest BCUT2D eigenvalue weighted by atomic mass is 32.1. The Kier molecular flexibility index (Phi) is 4.82. The molecule has 122 valence electrons. The molecule has 3 nitrogen and oxygen atoms in total. The van der Waals surface area contributed by atoms with Gasteiger partial charge in [0.2, 0.25) is 5.78 Å². The molecule has 0 bridgehead atoms. The van der Waals surface area contributed by atoms with Gasteiger partial charge in [-0.2, -0.15) is 0 Å². The summed E-state index contributed by atoms with van der Waals surface area (Å²) >= 11 is 2.60. The third-order valence-corrected chi connectivity index (χ3v) is 5.20. The van der Waals surface area contributed by atoms with Crippen molar-refractivity contribution in [2.24, 2.45) is 0 Å². The number of nitrogens with one attached hydrogen (secondary N) is 1. The first-order chi connectivity index (χ1) is 11.6. The van der Waals surface area contributed by atoms with Crippen LogP contribution >= 0.6 is 22.7 Å². The summed E-state index contributed by atoms with van der Waals surface area (Å²) in [6.07, 6.45) is 0. The summed E-state index contributed by atoms with van der Waals surface area (Å²) in [6.45, 7) is 0.0923. The van der Waals surface area contributed by atoms with Gasteiger partial charge in [-0.05, 0) is 35.7 Å². The minimum absolute atomic E-state index is 0.0762. The van der Waals surface area contributed by atoms with Gasteiger partial charge >= 0.3 is 0 Å². The fourth-order valence-corrected chi connectivity index (χ4v) is 3.74. The molecule has 1 aromatic carbocycles. The van der Waals surface area contributed by atoms with E-state index in [4.69, 9.17) is 0 Å². The lowest BCUT2D eigenvalue weighted by Crippen LogP contribution is -2.24. The summed E-state index contributed by atoms with van der Waals surface area (Å²) < 4.78 is 27.1. The van der Waals surface area contributed by atoms with Gasteiger partial charge < -0.3 is 5.32 Å². The largest absolute Gasteiger partial charge is 0.347 e. The van der Waals surface area contributed by atoms with Crippen LogP contribution in [0.4, 0.5) is 8.78 Å². The second-order valence-electron chi connectivity index (χ2n) is 4.85. The van der Waals surface area contributed by atoms with Crippen LogP contribution in [-0.2, 0) is 6.54 Å². The maximum Gasteiger partial charge on any atom is 0.257 e. The van der Waals surface area contributed by atoms with Crippen LogP contribution in [0.25, 0.3) is 0 Å². The van der Waals surface area contributed by atoms with Crippen LogP contribution in [0.1, 0.15) is 29.8 Å². The molecular formula is C17H11F2NO2S2. The van der Waals surface area contributed by atoms with Crippen molar-refractivity contribution in [1.82, 2.24) is 5.32 Å². The van der Waals surface area contributed by atoms with Gasteiger partial charge in [0, 0.05) is 4.88 Å². The number of benzene rings is 1. The fourth-order valence-electron chi connectivity index (χ4n) is 2.09. The van der Waals surface area contributed by atoms with Gasteiger partial charge in [-0.25, -0.2) is 8.78 Å². The topological polar surface area (TPSA) is 46.2 Å². The van der Waals surface area contributed by atoms with Gasteiger partial charge in [0.05, 0.1) is 16.3 Å². The van der Waals surface area contributed by atoms with E-state index in [2.05, 4.69) is 5.32 Å². The molecule has 7 heteroatoms. The molecule has 0 atom stereocenters. The molecule has 24 heavy (non-hydrogen) atoms. The number of hydrogen-bond donors (Lipinski definition) is 1. The number of ketones is 1. The lowest BCUT2D eigenvalue weighted by molar-refractivity contribution is 0.0942. The van der Waals surface area contributed by atoms with Crippen molar-refractivity contribution in [3.8, 4) is 0 Å². The van der Waals surface area contributed by atoms with Gasteiger partial charge in [0.15, 0.2) is 0 Å². The van der Waals surface area contributed by atoms with Crippen molar-refractivity contribution in [2.45, 2.75) is 6.54 Å². The zero-order valence-electron chi connectivity index (χ0n) is 12.2. The predicted octanol–water partition coefficient (Wildman–Crippen LogP) is 4.25. The minimum atomic E-state index is -0.910. The highest BCUT2D eigenvalue weighted by molar-refractivity contribution is 7.16. The molecule has 2 heterocycles. The van der Waals surface area contributed by atoms with E-state index in [1.807, 2.05) is 5.38 Å². The van der Waals surface area contributed by atoms with E-state index in [0.29, 0.717) is 9.75 Å². The monoisotopic (exact) mass is 363 g/mol. The van der Waals surface area contributed by atoms with Crippen molar-refractivity contribution in [2.75, 3.05) is 0 Å². The van der Waals surface area contributed by atoms with E-state index in [1.54, 1.807) is 24.3 Å². The molecular weight excluding hydrogens is 352 g/mol. The number of halogens is 2. The maximum atomic E-state index is 13.6. The number of carbonyl (C=O) groups excluding carboxylic acids is 2. The Morgan fingerprint density at radius 2 is 1.71 bits per heavy atom. The molecule has 0 saturated carbocycles. The molecule has 3 aromatic rings. The zero-order chi connectivity index (χ0) is 17.1. The lowest BCUT2D eigenvalue weighted by Gasteiger charge is -2.05. The highest BCUT2D eigenvalue weighted by Crippen LogP contribution is 2.22. The van der Waals surface area contributed by atoms with Crippen LogP contribution in [0.3, 0.4) is 0 Å². The maximum absolute atomic E-state index is 13.6. The molecule has 1 N–H and O–H groups in total. The molecule has 1 amide bonds. The molecule has 2 aromatic heterocycles. The molecule has 0 saturated heterocycles. The SMILES string of the molecule is O=C(c1cccs1)c1ccc(CNC(=O)c2c(F)cccc2F)s1. The van der Waals surface area contributed by atoms with E-state index in [-0.39, 0.29) is 12.3 Å². The van der Waals surface area contributed by atoms with E-state index < -0.39 is 23.1 Å². The third kappa shape index (κ3) is 3.42. The molecule has 3 rings (SSSR count). The summed E-state index contributed by atoms with van der Waals surface area (Å²) in [7, 11) is 0. The molecule has 0 aliphatic carbocycles. The second kappa shape index (κ2) is 7.02. The second-order valence-corrected chi connectivity index (χ2v) is 6.97. The van der Waals surface area contributed by atoms with Crippen molar-refractivity contribution in [3.05, 3.63) is 79.7 Å². The standard InChI is InChI=1S/C17H11F2NO2S2/c18-11-3-1-4-12(19)15(11)17(22)20-9-10-6-7-14(24-10)16(21)13-5-2-8-23-13/h1-8H,9H2,(H,20,22). The van der Waals surface area contributed by atoms with Crippen molar-refractivity contribution in [3.63, 3.8) is 0 Å². The zero-order valence-corrected chi connectivity index (χ0v) is 13.8. The van der Waals surface area contributed by atoms with Crippen LogP contribution in [0.2, 0.25) is 0 Å². The number of hydrogen-bond acceptors (Lipinski definition) is 4. The summed E-state index contributed by atoms with van der Waals surface area (Å²) in [4.78, 5) is 26.1. The summed E-state index contributed by atoms with van der Waals surface area (Å²) in [5, 5.41) is 4.29. The van der Waals surface area contributed by atoms with E-state index >= 15 is 0 Å². The Labute approximate surface area is 144 Å². The molecule has 0 spiro atoms. The van der Waals surface area contributed by atoms with Crippen LogP contribution in [0.15, 0.2) is 47.8 Å². The Balaban J connectivity index is 1.68. The molecule has 0 aliphatic rings. The molecule has 0 aliphatic heterocycles. The predicted molar refractivity (Wildman–Crippen MR) is 89.6 cm³/mol. The van der Waals surface area contributed by atoms with Crippen molar-refractivity contribution < 1.29 is 18.4 Å². The lowest BCUT2D eigenvalue weighted by atomic mass is 10.2. The van der Waals surface area contributed by atoms with E-state index in [0.717, 1.165) is 17.0 Å². The van der Waals surface area contributed by atoms with Gasteiger partial charge in [0.1, 0.15) is 17.2 Å². The number of rotatable bonds is 5. The third-order valence-electron chi connectivity index (χ3n) is 3.24. The smallest absolute Gasteiger partial charge is 0.257 e. The summed E-state index contributed by atoms with van der Waals surface area (Å²) in [6, 6.07) is 10.2. The number of thiophene rings is 2. The van der Waals surface area contributed by atoms with Crippen LogP contribution in [-0.4, -0.2) is 11.7 Å². The Bertz CT molecular complexity index is 868. The fraction of sp³-hybridized carbons (Fsp3) is 0.0588. The van der Waals surface area contributed by atoms with Gasteiger partial charge in [-0.3, -0.25) is 9.59 Å². The number of carbonyl (C=O) groups is 2. The van der Waals surface area contributed by atoms with E-state index in [9.17, 15) is 18.4 Å². The van der Waals surface area contributed by atoms with Crippen molar-refractivity contribution >= 4 is 34.4 Å². The summed E-state index contributed by atoms with van der Waals surface area (Å²) in [5.74, 6) is -2.72. The minimum Gasteiger partial charge on any atom is -0.347 e. The van der Waals surface area contributed by atoms with Crippen LogP contribution in [0, 0.1) is 11.6 Å². The first-order valence-corrected chi connectivity index (χ1v) is 8.65. The average molecular weight is 363 g/mol. The first kappa shape index (κ1) is 16.5. The quantitative estimate of drug-likeness (QED) is 0.689. The first-order valence-electron chi connectivity index (χ1n) is 6.95. The van der Waals surface area contributed by atoms with E-state index in [1.165, 1.54) is 28.7 Å². The van der Waals surface area contributed by atoms with Gasteiger partial charge in [-0.1, -0.05) is 12.1 Å². The molecule has 0 radical (unpaired) electrons. The van der Waals surface area contributed by atoms with Crippen molar-refractivity contribution in [1.29, 1.82) is 0 Å². The average Bonchev–Trinajstić information content (AvgIpc) is 3.24. The van der Waals surface area contributed by atoms with Gasteiger partial charge in [-0.15, -0.1) is 22.7 Å². The normalized spacial score (nSPS) is 10.6.